The van der Waals surface area contributed by atoms with E-state index in [1.54, 1.807) is 7.11 Å². The third kappa shape index (κ3) is 8.35. The molecule has 1 unspecified atom stereocenters. The summed E-state index contributed by atoms with van der Waals surface area (Å²) in [6.07, 6.45) is 3.86. The molecule has 0 aliphatic carbocycles. The van der Waals surface area contributed by atoms with Gasteiger partial charge in [0.25, 0.3) is 0 Å². The van der Waals surface area contributed by atoms with Crippen LogP contribution in [0.5, 0.6) is 0 Å². The summed E-state index contributed by atoms with van der Waals surface area (Å²) in [6.45, 7) is 5.36. The molecule has 0 saturated heterocycles. The lowest BCUT2D eigenvalue weighted by atomic mass is 10.1. The van der Waals surface area contributed by atoms with Crippen LogP contribution in [0.2, 0.25) is 0 Å². The lowest BCUT2D eigenvalue weighted by molar-refractivity contribution is 0.197. The second-order valence-electron chi connectivity index (χ2n) is 3.38. The van der Waals surface area contributed by atoms with E-state index >= 15 is 0 Å². The standard InChI is InChI=1S/C9H19BrO/c1-8(2)5-4-6-9(10)7-11-3/h8-9H,4-7H2,1-3H3. The van der Waals surface area contributed by atoms with Gasteiger partial charge in [0.2, 0.25) is 0 Å². The van der Waals surface area contributed by atoms with Gasteiger partial charge in [0.15, 0.2) is 0 Å². The van der Waals surface area contributed by atoms with Gasteiger partial charge >= 0.3 is 0 Å². The minimum atomic E-state index is 0.547. The fourth-order valence-electron chi connectivity index (χ4n) is 1.01. The second kappa shape index (κ2) is 7.11. The van der Waals surface area contributed by atoms with E-state index in [4.69, 9.17) is 4.74 Å². The Bertz CT molecular complexity index is 83.6. The minimum Gasteiger partial charge on any atom is -0.384 e. The lowest BCUT2D eigenvalue weighted by Crippen LogP contribution is -2.06. The summed E-state index contributed by atoms with van der Waals surface area (Å²) in [5.74, 6) is 0.831. The van der Waals surface area contributed by atoms with Gasteiger partial charge in [-0.2, -0.15) is 0 Å². The molecule has 2 heteroatoms. The first-order valence-electron chi connectivity index (χ1n) is 4.29. The van der Waals surface area contributed by atoms with Crippen LogP contribution in [-0.4, -0.2) is 18.5 Å². The zero-order chi connectivity index (χ0) is 8.69. The Kier molecular flexibility index (Phi) is 7.39. The molecule has 0 aromatic carbocycles. The van der Waals surface area contributed by atoms with Crippen molar-refractivity contribution >= 4 is 15.9 Å². The molecule has 0 aromatic heterocycles. The third-order valence-corrected chi connectivity index (χ3v) is 2.37. The summed E-state index contributed by atoms with van der Waals surface area (Å²) in [4.78, 5) is 0.547. The van der Waals surface area contributed by atoms with Gasteiger partial charge in [-0.05, 0) is 12.3 Å². The molecule has 0 rings (SSSR count). The number of methoxy groups -OCH3 is 1. The maximum Gasteiger partial charge on any atom is 0.0587 e. The van der Waals surface area contributed by atoms with Crippen molar-refractivity contribution in [2.24, 2.45) is 5.92 Å². The highest BCUT2D eigenvalue weighted by molar-refractivity contribution is 9.09. The Morgan fingerprint density at radius 2 is 1.91 bits per heavy atom. The molecule has 0 aliphatic rings. The first-order chi connectivity index (χ1) is 5.16. The highest BCUT2D eigenvalue weighted by Crippen LogP contribution is 2.13. The molecule has 0 heterocycles. The molecule has 0 aliphatic heterocycles. The summed E-state index contributed by atoms with van der Waals surface area (Å²) < 4.78 is 5.01. The molecule has 68 valence electrons. The van der Waals surface area contributed by atoms with E-state index in [0.29, 0.717) is 4.83 Å². The summed E-state index contributed by atoms with van der Waals surface area (Å²) in [6, 6.07) is 0. The molecule has 0 saturated carbocycles. The van der Waals surface area contributed by atoms with Crippen LogP contribution in [0.1, 0.15) is 33.1 Å². The fraction of sp³-hybridized carbons (Fsp3) is 1.00. The molecular weight excluding hydrogens is 204 g/mol. The zero-order valence-corrected chi connectivity index (χ0v) is 9.36. The first-order valence-corrected chi connectivity index (χ1v) is 5.21. The van der Waals surface area contributed by atoms with Crippen molar-refractivity contribution in [3.63, 3.8) is 0 Å². The zero-order valence-electron chi connectivity index (χ0n) is 7.77. The van der Waals surface area contributed by atoms with E-state index in [1.165, 1.54) is 19.3 Å². The van der Waals surface area contributed by atoms with Crippen molar-refractivity contribution < 1.29 is 4.74 Å². The molecular formula is C9H19BrO. The second-order valence-corrected chi connectivity index (χ2v) is 4.67. The van der Waals surface area contributed by atoms with E-state index in [1.807, 2.05) is 0 Å². The van der Waals surface area contributed by atoms with Crippen LogP contribution < -0.4 is 0 Å². The Balaban J connectivity index is 3.10. The van der Waals surface area contributed by atoms with Crippen LogP contribution in [0.25, 0.3) is 0 Å². The smallest absolute Gasteiger partial charge is 0.0587 e. The number of hydrogen-bond acceptors (Lipinski definition) is 1. The summed E-state index contributed by atoms with van der Waals surface area (Å²) in [5, 5.41) is 0. The number of rotatable bonds is 6. The van der Waals surface area contributed by atoms with Gasteiger partial charge in [0.05, 0.1) is 6.61 Å². The Hall–Kier alpha value is 0.440. The van der Waals surface area contributed by atoms with Crippen LogP contribution in [0.15, 0.2) is 0 Å². The van der Waals surface area contributed by atoms with Crippen molar-refractivity contribution in [3.8, 4) is 0 Å². The van der Waals surface area contributed by atoms with E-state index in [9.17, 15) is 0 Å². The number of ether oxygens (including phenoxy) is 1. The molecule has 0 amide bonds. The quantitative estimate of drug-likeness (QED) is 0.628. The van der Waals surface area contributed by atoms with E-state index in [2.05, 4.69) is 29.8 Å². The number of alkyl halides is 1. The predicted molar refractivity (Wildman–Crippen MR) is 53.3 cm³/mol. The summed E-state index contributed by atoms with van der Waals surface area (Å²) in [5.41, 5.74) is 0. The van der Waals surface area contributed by atoms with Crippen LogP contribution >= 0.6 is 15.9 Å². The normalized spacial score (nSPS) is 13.9. The van der Waals surface area contributed by atoms with Crippen LogP contribution in [-0.2, 0) is 4.74 Å². The molecule has 0 aromatic rings. The van der Waals surface area contributed by atoms with Gasteiger partial charge in [-0.1, -0.05) is 42.6 Å². The van der Waals surface area contributed by atoms with Crippen molar-refractivity contribution in [1.82, 2.24) is 0 Å². The lowest BCUT2D eigenvalue weighted by Gasteiger charge is -2.08. The highest BCUT2D eigenvalue weighted by Gasteiger charge is 2.03. The number of halogens is 1. The maximum absolute atomic E-state index is 5.01. The van der Waals surface area contributed by atoms with Crippen LogP contribution in [0.4, 0.5) is 0 Å². The SMILES string of the molecule is COCC(Br)CCCC(C)C. The van der Waals surface area contributed by atoms with Gasteiger partial charge in [-0.3, -0.25) is 0 Å². The molecule has 0 spiro atoms. The molecule has 0 N–H and O–H groups in total. The third-order valence-electron chi connectivity index (χ3n) is 1.65. The van der Waals surface area contributed by atoms with E-state index in [0.717, 1.165) is 12.5 Å². The maximum atomic E-state index is 5.01. The van der Waals surface area contributed by atoms with Crippen molar-refractivity contribution in [3.05, 3.63) is 0 Å². The minimum absolute atomic E-state index is 0.547. The molecule has 0 bridgehead atoms. The monoisotopic (exact) mass is 222 g/mol. The molecule has 0 radical (unpaired) electrons. The van der Waals surface area contributed by atoms with E-state index in [-0.39, 0.29) is 0 Å². The largest absolute Gasteiger partial charge is 0.384 e. The predicted octanol–water partition coefficient (Wildman–Crippen LogP) is 3.22. The summed E-state index contributed by atoms with van der Waals surface area (Å²) in [7, 11) is 1.75. The van der Waals surface area contributed by atoms with Crippen LogP contribution in [0, 0.1) is 5.92 Å². The Labute approximate surface area is 78.6 Å². The number of hydrogen-bond donors (Lipinski definition) is 0. The van der Waals surface area contributed by atoms with Gasteiger partial charge in [-0.15, -0.1) is 0 Å². The average Bonchev–Trinajstić information content (AvgIpc) is 1.87. The van der Waals surface area contributed by atoms with Crippen molar-refractivity contribution in [2.75, 3.05) is 13.7 Å². The molecule has 1 atom stereocenters. The Morgan fingerprint density at radius 3 is 2.36 bits per heavy atom. The molecule has 11 heavy (non-hydrogen) atoms. The van der Waals surface area contributed by atoms with Crippen LogP contribution in [0.3, 0.4) is 0 Å². The average molecular weight is 223 g/mol. The topological polar surface area (TPSA) is 9.23 Å². The van der Waals surface area contributed by atoms with Crippen molar-refractivity contribution in [1.29, 1.82) is 0 Å². The van der Waals surface area contributed by atoms with Gasteiger partial charge in [-0.25, -0.2) is 0 Å². The molecule has 1 nitrogen and oxygen atoms in total. The van der Waals surface area contributed by atoms with Gasteiger partial charge in [0, 0.05) is 11.9 Å². The fourth-order valence-corrected chi connectivity index (χ4v) is 1.60. The van der Waals surface area contributed by atoms with E-state index < -0.39 is 0 Å². The van der Waals surface area contributed by atoms with Gasteiger partial charge in [0.1, 0.15) is 0 Å². The van der Waals surface area contributed by atoms with Crippen molar-refractivity contribution in [2.45, 2.75) is 37.9 Å². The first kappa shape index (κ1) is 11.4. The van der Waals surface area contributed by atoms with Gasteiger partial charge < -0.3 is 4.74 Å². The molecule has 0 fully saturated rings. The highest BCUT2D eigenvalue weighted by atomic mass is 79.9. The summed E-state index contributed by atoms with van der Waals surface area (Å²) >= 11 is 3.56. The Morgan fingerprint density at radius 1 is 1.27 bits per heavy atom.